The van der Waals surface area contributed by atoms with Gasteiger partial charge in [-0.1, -0.05) is 60.7 Å². The Morgan fingerprint density at radius 2 is 1.33 bits per heavy atom. The molecule has 1 heterocycles. The monoisotopic (exact) mass is 531 g/mol. The van der Waals surface area contributed by atoms with Gasteiger partial charge in [-0.15, -0.1) is 0 Å². The molecule has 4 rings (SSSR count). The molecule has 0 atom stereocenters. The number of nitrogens with one attached hydrogen (secondary N) is 1. The van der Waals surface area contributed by atoms with E-state index in [0.717, 1.165) is 24.2 Å². The van der Waals surface area contributed by atoms with Gasteiger partial charge < -0.3 is 24.4 Å². The van der Waals surface area contributed by atoms with Crippen LogP contribution in [0.2, 0.25) is 0 Å². The van der Waals surface area contributed by atoms with Crippen molar-refractivity contribution >= 4 is 11.8 Å². The van der Waals surface area contributed by atoms with Crippen LogP contribution >= 0.6 is 0 Å². The fourth-order valence-corrected chi connectivity index (χ4v) is 4.97. The molecule has 0 aromatic heterocycles. The van der Waals surface area contributed by atoms with Crippen LogP contribution in [0.25, 0.3) is 0 Å². The van der Waals surface area contributed by atoms with Crippen molar-refractivity contribution < 1.29 is 23.8 Å². The van der Waals surface area contributed by atoms with Crippen LogP contribution in [0.4, 0.5) is 0 Å². The van der Waals surface area contributed by atoms with E-state index in [2.05, 4.69) is 34.5 Å². The Morgan fingerprint density at radius 3 is 1.82 bits per heavy atom. The number of nitrogens with zero attached hydrogens (tertiary/aromatic N) is 2. The van der Waals surface area contributed by atoms with Crippen molar-refractivity contribution in [2.45, 2.75) is 12.3 Å². The molecule has 0 saturated carbocycles. The number of benzene rings is 3. The van der Waals surface area contributed by atoms with E-state index in [0.29, 0.717) is 55.4 Å². The van der Waals surface area contributed by atoms with Gasteiger partial charge in [0.2, 0.25) is 11.7 Å². The van der Waals surface area contributed by atoms with Crippen LogP contribution in [-0.4, -0.2) is 82.2 Å². The SMILES string of the molecule is COc1cc(C(=O)NCCN2CCN(C(=O)CC(c3ccccc3)c3ccccc3)CC2)cc(OC)c1OC. The van der Waals surface area contributed by atoms with E-state index in [9.17, 15) is 9.59 Å². The minimum Gasteiger partial charge on any atom is -0.493 e. The molecule has 39 heavy (non-hydrogen) atoms. The number of methoxy groups -OCH3 is 3. The van der Waals surface area contributed by atoms with Gasteiger partial charge in [0.15, 0.2) is 11.5 Å². The number of rotatable bonds is 11. The third-order valence-electron chi connectivity index (χ3n) is 7.15. The summed E-state index contributed by atoms with van der Waals surface area (Å²) >= 11 is 0. The van der Waals surface area contributed by atoms with Crippen molar-refractivity contribution in [2.24, 2.45) is 0 Å². The van der Waals surface area contributed by atoms with E-state index in [4.69, 9.17) is 14.2 Å². The Hall–Kier alpha value is -4.04. The van der Waals surface area contributed by atoms with Gasteiger partial charge in [0.1, 0.15) is 0 Å². The summed E-state index contributed by atoms with van der Waals surface area (Å²) < 4.78 is 16.0. The molecule has 1 N–H and O–H groups in total. The van der Waals surface area contributed by atoms with Crippen molar-refractivity contribution in [3.63, 3.8) is 0 Å². The molecule has 0 unspecified atom stereocenters. The van der Waals surface area contributed by atoms with E-state index in [1.165, 1.54) is 21.3 Å². The molecule has 1 aliphatic rings. The Bertz CT molecular complexity index is 1160. The summed E-state index contributed by atoms with van der Waals surface area (Å²) in [6, 6.07) is 23.7. The summed E-state index contributed by atoms with van der Waals surface area (Å²) in [4.78, 5) is 30.3. The van der Waals surface area contributed by atoms with Gasteiger partial charge in [-0.3, -0.25) is 14.5 Å². The molecule has 1 fully saturated rings. The Morgan fingerprint density at radius 1 is 0.795 bits per heavy atom. The average Bonchev–Trinajstić information content (AvgIpc) is 3.00. The predicted molar refractivity (Wildman–Crippen MR) is 151 cm³/mol. The van der Waals surface area contributed by atoms with Crippen molar-refractivity contribution in [1.82, 2.24) is 15.1 Å². The van der Waals surface area contributed by atoms with Crippen LogP contribution in [0.1, 0.15) is 33.8 Å². The maximum Gasteiger partial charge on any atom is 0.251 e. The summed E-state index contributed by atoms with van der Waals surface area (Å²) in [6.45, 7) is 4.09. The Labute approximate surface area is 230 Å². The second-order valence-electron chi connectivity index (χ2n) is 9.47. The first-order valence-corrected chi connectivity index (χ1v) is 13.2. The number of carbonyl (C=O) groups is 2. The van der Waals surface area contributed by atoms with Gasteiger partial charge in [-0.05, 0) is 23.3 Å². The zero-order valence-corrected chi connectivity index (χ0v) is 22.9. The fourth-order valence-electron chi connectivity index (χ4n) is 4.97. The van der Waals surface area contributed by atoms with Crippen LogP contribution < -0.4 is 19.5 Å². The molecule has 0 radical (unpaired) electrons. The predicted octanol–water partition coefficient (Wildman–Crippen LogP) is 3.81. The number of ether oxygens (including phenoxy) is 3. The second-order valence-corrected chi connectivity index (χ2v) is 9.47. The van der Waals surface area contributed by atoms with Crippen molar-refractivity contribution in [3.05, 3.63) is 89.5 Å². The van der Waals surface area contributed by atoms with Crippen LogP contribution in [0, 0.1) is 0 Å². The van der Waals surface area contributed by atoms with Crippen molar-refractivity contribution in [2.75, 3.05) is 60.6 Å². The van der Waals surface area contributed by atoms with Crippen LogP contribution in [-0.2, 0) is 4.79 Å². The van der Waals surface area contributed by atoms with Crippen LogP contribution in [0.15, 0.2) is 72.8 Å². The second kappa shape index (κ2) is 13.7. The molecule has 1 saturated heterocycles. The number of piperazine rings is 1. The highest BCUT2D eigenvalue weighted by Gasteiger charge is 2.25. The highest BCUT2D eigenvalue weighted by Crippen LogP contribution is 2.38. The van der Waals surface area contributed by atoms with Gasteiger partial charge in [-0.2, -0.15) is 0 Å². The summed E-state index contributed by atoms with van der Waals surface area (Å²) in [7, 11) is 4.57. The molecule has 2 amide bonds. The maximum atomic E-state index is 13.3. The standard InChI is InChI=1S/C31H37N3O5/c1-37-27-20-25(21-28(38-2)30(27)39-3)31(36)32-14-15-33-16-18-34(19-17-33)29(35)22-26(23-10-6-4-7-11-23)24-12-8-5-9-13-24/h4-13,20-21,26H,14-19,22H2,1-3H3,(H,32,36). The van der Waals surface area contributed by atoms with E-state index in [1.54, 1.807) is 12.1 Å². The molecule has 3 aromatic carbocycles. The van der Waals surface area contributed by atoms with Gasteiger partial charge >= 0.3 is 0 Å². The third-order valence-corrected chi connectivity index (χ3v) is 7.15. The highest BCUT2D eigenvalue weighted by molar-refractivity contribution is 5.95. The van der Waals surface area contributed by atoms with Gasteiger partial charge in [0.25, 0.3) is 5.91 Å². The fraction of sp³-hybridized carbons (Fsp3) is 0.355. The van der Waals surface area contributed by atoms with Crippen LogP contribution in [0.3, 0.4) is 0 Å². The molecule has 0 aliphatic carbocycles. The molecular formula is C31H37N3O5. The summed E-state index contributed by atoms with van der Waals surface area (Å²) in [5, 5.41) is 2.97. The van der Waals surface area contributed by atoms with E-state index in [1.807, 2.05) is 41.3 Å². The lowest BCUT2D eigenvalue weighted by atomic mass is 9.88. The molecule has 8 heteroatoms. The molecule has 1 aliphatic heterocycles. The zero-order valence-electron chi connectivity index (χ0n) is 22.9. The normalized spacial score (nSPS) is 13.7. The minimum absolute atomic E-state index is 0.0309. The van der Waals surface area contributed by atoms with Gasteiger partial charge in [-0.25, -0.2) is 0 Å². The smallest absolute Gasteiger partial charge is 0.251 e. The Balaban J connectivity index is 1.27. The maximum absolute atomic E-state index is 13.3. The largest absolute Gasteiger partial charge is 0.493 e. The van der Waals surface area contributed by atoms with Gasteiger partial charge in [0, 0.05) is 57.2 Å². The summed E-state index contributed by atoms with van der Waals surface area (Å²) in [6.07, 6.45) is 0.443. The molecule has 8 nitrogen and oxygen atoms in total. The average molecular weight is 532 g/mol. The van der Waals surface area contributed by atoms with Gasteiger partial charge in [0.05, 0.1) is 21.3 Å². The molecular weight excluding hydrogens is 494 g/mol. The summed E-state index contributed by atoms with van der Waals surface area (Å²) in [5.74, 6) is 1.30. The quantitative estimate of drug-likeness (QED) is 0.405. The third kappa shape index (κ3) is 7.09. The molecule has 0 bridgehead atoms. The highest BCUT2D eigenvalue weighted by atomic mass is 16.5. The van der Waals surface area contributed by atoms with E-state index in [-0.39, 0.29) is 17.7 Å². The first-order chi connectivity index (χ1) is 19.0. The lowest BCUT2D eigenvalue weighted by molar-refractivity contribution is -0.133. The van der Waals surface area contributed by atoms with Crippen molar-refractivity contribution in [3.8, 4) is 17.2 Å². The lowest BCUT2D eigenvalue weighted by Gasteiger charge is -2.35. The number of hydrogen-bond acceptors (Lipinski definition) is 6. The molecule has 3 aromatic rings. The zero-order chi connectivity index (χ0) is 27.6. The number of carbonyl (C=O) groups excluding carboxylic acids is 2. The minimum atomic E-state index is -0.212. The first-order valence-electron chi connectivity index (χ1n) is 13.2. The lowest BCUT2D eigenvalue weighted by Crippen LogP contribution is -2.50. The number of hydrogen-bond donors (Lipinski definition) is 1. The molecule has 206 valence electrons. The van der Waals surface area contributed by atoms with Crippen molar-refractivity contribution in [1.29, 1.82) is 0 Å². The van der Waals surface area contributed by atoms with E-state index >= 15 is 0 Å². The van der Waals surface area contributed by atoms with Crippen LogP contribution in [0.5, 0.6) is 17.2 Å². The topological polar surface area (TPSA) is 80.3 Å². The number of amides is 2. The molecule has 0 spiro atoms. The first kappa shape index (κ1) is 28.0. The van der Waals surface area contributed by atoms with E-state index < -0.39 is 0 Å². The summed E-state index contributed by atoms with van der Waals surface area (Å²) in [5.41, 5.74) is 2.74. The Kier molecular flexibility index (Phi) is 9.80.